The molecular formula is C21H36N4O. The lowest BCUT2D eigenvalue weighted by Gasteiger charge is -2.33. The second-order valence-corrected chi connectivity index (χ2v) is 8.47. The van der Waals surface area contributed by atoms with E-state index in [0.29, 0.717) is 24.5 Å². The van der Waals surface area contributed by atoms with Crippen molar-refractivity contribution in [2.75, 3.05) is 19.6 Å². The first kappa shape index (κ1) is 19.4. The lowest BCUT2D eigenvalue weighted by Crippen LogP contribution is -2.45. The highest BCUT2D eigenvalue weighted by Crippen LogP contribution is 2.27. The minimum Gasteiger partial charge on any atom is -0.352 e. The first-order valence-corrected chi connectivity index (χ1v) is 10.7. The summed E-state index contributed by atoms with van der Waals surface area (Å²) in [6.45, 7) is 6.91. The van der Waals surface area contributed by atoms with Crippen molar-refractivity contribution in [1.29, 1.82) is 0 Å². The van der Waals surface area contributed by atoms with Crippen molar-refractivity contribution in [3.8, 4) is 0 Å². The van der Waals surface area contributed by atoms with Gasteiger partial charge in [-0.25, -0.2) is 4.98 Å². The number of imidazole rings is 1. The summed E-state index contributed by atoms with van der Waals surface area (Å²) in [5, 5.41) is 3.31. The number of rotatable bonds is 5. The molecule has 0 bridgehead atoms. The van der Waals surface area contributed by atoms with Gasteiger partial charge in [-0.1, -0.05) is 32.1 Å². The van der Waals surface area contributed by atoms with E-state index in [1.54, 1.807) is 0 Å². The van der Waals surface area contributed by atoms with E-state index in [0.717, 1.165) is 32.4 Å². The highest BCUT2D eigenvalue weighted by atomic mass is 16.2. The van der Waals surface area contributed by atoms with Crippen LogP contribution >= 0.6 is 0 Å². The van der Waals surface area contributed by atoms with Gasteiger partial charge in [-0.3, -0.25) is 9.69 Å². The molecule has 2 aliphatic rings. The zero-order valence-corrected chi connectivity index (χ0v) is 16.6. The topological polar surface area (TPSA) is 50.2 Å². The van der Waals surface area contributed by atoms with Gasteiger partial charge in [0.2, 0.25) is 5.91 Å². The summed E-state index contributed by atoms with van der Waals surface area (Å²) in [5.41, 5.74) is 0. The maximum Gasteiger partial charge on any atom is 0.234 e. The number of aromatic nitrogens is 2. The van der Waals surface area contributed by atoms with Crippen LogP contribution in [0.15, 0.2) is 12.4 Å². The van der Waals surface area contributed by atoms with Crippen LogP contribution in [-0.4, -0.2) is 46.0 Å². The molecule has 1 aromatic heterocycles. The van der Waals surface area contributed by atoms with Crippen molar-refractivity contribution in [3.05, 3.63) is 18.2 Å². The molecule has 1 atom stereocenters. The average Bonchev–Trinajstić information content (AvgIpc) is 3.07. The normalized spacial score (nSPS) is 23.6. The number of likely N-dealkylation sites (tertiary alicyclic amines) is 1. The largest absolute Gasteiger partial charge is 0.352 e. The number of nitrogens with one attached hydrogen (secondary N) is 1. The van der Waals surface area contributed by atoms with E-state index >= 15 is 0 Å². The maximum absolute atomic E-state index is 12.6. The summed E-state index contributed by atoms with van der Waals surface area (Å²) < 4.78 is 2.28. The van der Waals surface area contributed by atoms with Crippen LogP contribution in [0.2, 0.25) is 0 Å². The second-order valence-electron chi connectivity index (χ2n) is 8.47. The van der Waals surface area contributed by atoms with Crippen molar-refractivity contribution < 1.29 is 4.79 Å². The van der Waals surface area contributed by atoms with E-state index < -0.39 is 0 Å². The molecule has 1 aliphatic heterocycles. The van der Waals surface area contributed by atoms with E-state index in [1.165, 1.54) is 44.3 Å². The van der Waals surface area contributed by atoms with Crippen molar-refractivity contribution in [1.82, 2.24) is 19.8 Å². The molecule has 2 fully saturated rings. The molecule has 26 heavy (non-hydrogen) atoms. The Bertz CT molecular complexity index is 560. The van der Waals surface area contributed by atoms with Crippen LogP contribution in [0.25, 0.3) is 0 Å². The first-order valence-electron chi connectivity index (χ1n) is 10.7. The molecular weight excluding hydrogens is 324 g/mol. The Balaban J connectivity index is 1.51. The monoisotopic (exact) mass is 360 g/mol. The standard InChI is InChI=1S/C21H36N4O/c1-17(2)25-14-12-22-21(25)18-9-8-13-24(15-18)16-20(26)23-19-10-6-4-3-5-7-11-19/h12,14,17-19H,3-11,13,15-16H2,1-2H3,(H,23,26)/t18-/m1/s1. The number of nitrogens with zero attached hydrogens (tertiary/aromatic N) is 3. The highest BCUT2D eigenvalue weighted by Gasteiger charge is 2.26. The fourth-order valence-corrected chi connectivity index (χ4v) is 4.56. The smallest absolute Gasteiger partial charge is 0.234 e. The van der Waals surface area contributed by atoms with Gasteiger partial charge in [0.1, 0.15) is 5.82 Å². The van der Waals surface area contributed by atoms with E-state index in [-0.39, 0.29) is 5.91 Å². The van der Waals surface area contributed by atoms with E-state index in [9.17, 15) is 4.79 Å². The molecule has 1 aromatic rings. The van der Waals surface area contributed by atoms with Gasteiger partial charge in [0.15, 0.2) is 0 Å². The number of amides is 1. The van der Waals surface area contributed by atoms with Crippen LogP contribution < -0.4 is 5.32 Å². The highest BCUT2D eigenvalue weighted by molar-refractivity contribution is 5.78. The second kappa shape index (κ2) is 9.54. The van der Waals surface area contributed by atoms with Crippen molar-refractivity contribution in [2.24, 2.45) is 0 Å². The molecule has 0 unspecified atom stereocenters. The molecule has 2 heterocycles. The van der Waals surface area contributed by atoms with Crippen LogP contribution in [0.4, 0.5) is 0 Å². The molecule has 146 valence electrons. The van der Waals surface area contributed by atoms with Crippen LogP contribution in [-0.2, 0) is 4.79 Å². The first-order chi connectivity index (χ1) is 12.6. The van der Waals surface area contributed by atoms with Gasteiger partial charge in [-0.15, -0.1) is 0 Å². The Morgan fingerprint density at radius 1 is 1.15 bits per heavy atom. The molecule has 1 amide bonds. The van der Waals surface area contributed by atoms with Gasteiger partial charge >= 0.3 is 0 Å². The van der Waals surface area contributed by atoms with Crippen molar-refractivity contribution in [3.63, 3.8) is 0 Å². The van der Waals surface area contributed by atoms with Gasteiger partial charge in [-0.2, -0.15) is 0 Å². The average molecular weight is 361 g/mol. The summed E-state index contributed by atoms with van der Waals surface area (Å²) in [4.78, 5) is 19.5. The minimum atomic E-state index is 0.212. The molecule has 1 saturated heterocycles. The van der Waals surface area contributed by atoms with E-state index in [4.69, 9.17) is 0 Å². The fraction of sp³-hybridized carbons (Fsp3) is 0.810. The molecule has 0 aromatic carbocycles. The summed E-state index contributed by atoms with van der Waals surface area (Å²) in [7, 11) is 0. The zero-order valence-electron chi connectivity index (χ0n) is 16.6. The number of carbonyl (C=O) groups is 1. The van der Waals surface area contributed by atoms with E-state index in [1.807, 2.05) is 6.20 Å². The maximum atomic E-state index is 12.6. The van der Waals surface area contributed by atoms with Crippen LogP contribution in [0.5, 0.6) is 0 Å². The van der Waals surface area contributed by atoms with Gasteiger partial charge < -0.3 is 9.88 Å². The van der Waals surface area contributed by atoms with Gasteiger partial charge in [0, 0.05) is 36.9 Å². The molecule has 5 nitrogen and oxygen atoms in total. The van der Waals surface area contributed by atoms with Crippen LogP contribution in [0.1, 0.15) is 89.4 Å². The molecule has 0 radical (unpaired) electrons. The van der Waals surface area contributed by atoms with Crippen molar-refractivity contribution in [2.45, 2.75) is 89.6 Å². The third kappa shape index (κ3) is 5.32. The summed E-state index contributed by atoms with van der Waals surface area (Å²) in [6, 6.07) is 0.828. The van der Waals surface area contributed by atoms with Crippen LogP contribution in [0, 0.1) is 0 Å². The molecule has 0 spiro atoms. The van der Waals surface area contributed by atoms with E-state index in [2.05, 4.69) is 39.8 Å². The summed E-state index contributed by atoms with van der Waals surface area (Å²) in [5.74, 6) is 1.84. The fourth-order valence-electron chi connectivity index (χ4n) is 4.56. The number of hydrogen-bond acceptors (Lipinski definition) is 3. The molecule has 1 saturated carbocycles. The summed E-state index contributed by atoms with van der Waals surface area (Å²) in [6.07, 6.45) is 15.1. The third-order valence-electron chi connectivity index (χ3n) is 5.96. The molecule has 3 rings (SSSR count). The minimum absolute atomic E-state index is 0.212. The number of hydrogen-bond donors (Lipinski definition) is 1. The SMILES string of the molecule is CC(C)n1ccnc1[C@@H]1CCCN(CC(=O)NC2CCCCCCC2)C1. The third-order valence-corrected chi connectivity index (χ3v) is 5.96. The van der Waals surface area contributed by atoms with Gasteiger partial charge in [0.25, 0.3) is 0 Å². The Morgan fingerprint density at radius 2 is 1.88 bits per heavy atom. The van der Waals surface area contributed by atoms with Gasteiger partial charge in [0.05, 0.1) is 6.54 Å². The Hall–Kier alpha value is -1.36. The van der Waals surface area contributed by atoms with Crippen LogP contribution in [0.3, 0.4) is 0 Å². The number of piperidine rings is 1. The Morgan fingerprint density at radius 3 is 2.62 bits per heavy atom. The quantitative estimate of drug-likeness (QED) is 0.867. The predicted molar refractivity (Wildman–Crippen MR) is 105 cm³/mol. The van der Waals surface area contributed by atoms with Gasteiger partial charge in [-0.05, 0) is 46.1 Å². The summed E-state index contributed by atoms with van der Waals surface area (Å²) >= 11 is 0. The lowest BCUT2D eigenvalue weighted by atomic mass is 9.96. The zero-order chi connectivity index (χ0) is 18.4. The Kier molecular flexibility index (Phi) is 7.12. The Labute approximate surface area is 158 Å². The molecule has 5 heteroatoms. The molecule has 1 aliphatic carbocycles. The lowest BCUT2D eigenvalue weighted by molar-refractivity contribution is -0.123. The predicted octanol–water partition coefficient (Wildman–Crippen LogP) is 3.87. The molecule has 1 N–H and O–H groups in total. The number of carbonyl (C=O) groups excluding carboxylic acids is 1. The van der Waals surface area contributed by atoms with Crippen molar-refractivity contribution >= 4 is 5.91 Å².